The van der Waals surface area contributed by atoms with Gasteiger partial charge in [0.05, 0.1) is 21.8 Å². The molecule has 0 aromatic heterocycles. The molecule has 9 heteroatoms. The van der Waals surface area contributed by atoms with Crippen LogP contribution < -0.4 is 15.6 Å². The van der Waals surface area contributed by atoms with E-state index in [0.29, 0.717) is 5.01 Å². The van der Waals surface area contributed by atoms with E-state index < -0.39 is 11.2 Å². The first-order chi connectivity index (χ1) is 9.04. The molecule has 0 heterocycles. The quantitative estimate of drug-likeness (QED) is 0.281. The molecule has 0 radical (unpaired) electrons. The fourth-order valence-corrected chi connectivity index (χ4v) is 1.91. The van der Waals surface area contributed by atoms with E-state index in [2.05, 4.69) is 0 Å². The Hall–Kier alpha value is -0.820. The van der Waals surface area contributed by atoms with Crippen molar-refractivity contribution < 1.29 is 13.5 Å². The number of anilines is 1. The molecule has 0 bridgehead atoms. The van der Waals surface area contributed by atoms with Gasteiger partial charge in [0.2, 0.25) is 5.84 Å². The Morgan fingerprint density at radius 2 is 1.90 bits per heavy atom. The maximum Gasteiger partial charge on any atom is 0.380 e. The topological polar surface area (TPSA) is 62.3 Å². The van der Waals surface area contributed by atoms with Crippen LogP contribution in [-0.4, -0.2) is 17.3 Å². The lowest BCUT2D eigenvalue weighted by Gasteiger charge is -2.24. The number of hydrazine groups is 1. The first-order valence-electron chi connectivity index (χ1n) is 5.40. The lowest BCUT2D eigenvalue weighted by atomic mass is 10.2. The number of ether oxygens (including phenoxy) is 1. The minimum absolute atomic E-state index is 0.0146. The van der Waals surface area contributed by atoms with Crippen molar-refractivity contribution in [2.75, 3.05) is 5.01 Å². The molecule has 20 heavy (non-hydrogen) atoms. The molecule has 0 saturated carbocycles. The highest BCUT2D eigenvalue weighted by molar-refractivity contribution is 6.39. The van der Waals surface area contributed by atoms with E-state index in [-0.39, 0.29) is 27.6 Å². The van der Waals surface area contributed by atoms with Crippen molar-refractivity contribution in [3.05, 3.63) is 22.2 Å². The molecule has 0 aliphatic rings. The third kappa shape index (κ3) is 4.09. The summed E-state index contributed by atoms with van der Waals surface area (Å²) in [4.78, 5) is 0. The second-order valence-electron chi connectivity index (χ2n) is 4.12. The van der Waals surface area contributed by atoms with Crippen LogP contribution in [0.1, 0.15) is 13.8 Å². The Labute approximate surface area is 129 Å². The molecule has 0 fully saturated rings. The summed E-state index contributed by atoms with van der Waals surface area (Å²) in [5.74, 6) is 4.33. The Bertz CT molecular complexity index is 520. The maximum absolute atomic E-state index is 12.9. The van der Waals surface area contributed by atoms with Crippen LogP contribution in [0.3, 0.4) is 0 Å². The number of nitrogens with two attached hydrogens (primary N) is 1. The number of amidine groups is 1. The van der Waals surface area contributed by atoms with E-state index in [1.54, 1.807) is 13.8 Å². The van der Waals surface area contributed by atoms with Gasteiger partial charge in [-0.15, -0.1) is 0 Å². The van der Waals surface area contributed by atoms with Gasteiger partial charge in [-0.3, -0.25) is 10.4 Å². The molecule has 3 N–H and O–H groups in total. The summed E-state index contributed by atoms with van der Waals surface area (Å²) in [5, 5.41) is 3.87. The van der Waals surface area contributed by atoms with Gasteiger partial charge in [-0.2, -0.15) is 8.78 Å². The van der Waals surface area contributed by atoms with E-state index in [0.717, 1.165) is 0 Å². The van der Waals surface area contributed by atoms with Crippen LogP contribution in [0.15, 0.2) is 12.1 Å². The summed E-state index contributed by atoms with van der Waals surface area (Å²) in [6, 6.07) is 2.55. The number of alkyl halides is 3. The molecule has 0 aliphatic heterocycles. The molecule has 0 atom stereocenters. The summed E-state index contributed by atoms with van der Waals surface area (Å²) < 4.78 is 31.2. The summed E-state index contributed by atoms with van der Waals surface area (Å²) in [6.45, 7) is 3.53. The SMILES string of the molecule is CC(C)Oc1cc(N(N)C(=N)C(F)(F)Cl)c(Cl)cc1Cl. The molecule has 1 rings (SSSR count). The normalized spacial score (nSPS) is 11.7. The van der Waals surface area contributed by atoms with Gasteiger partial charge in [-0.25, -0.2) is 5.84 Å². The number of rotatable bonds is 4. The predicted molar refractivity (Wildman–Crippen MR) is 77.4 cm³/mol. The first kappa shape index (κ1) is 17.2. The highest BCUT2D eigenvalue weighted by atomic mass is 35.5. The highest BCUT2D eigenvalue weighted by Crippen LogP contribution is 2.37. The summed E-state index contributed by atoms with van der Waals surface area (Å²) in [6.07, 6.45) is -0.193. The first-order valence-corrected chi connectivity index (χ1v) is 6.53. The molecule has 4 nitrogen and oxygen atoms in total. The molecule has 1 aromatic carbocycles. The highest BCUT2D eigenvalue weighted by Gasteiger charge is 2.36. The molecular weight excluding hydrogens is 334 g/mol. The summed E-state index contributed by atoms with van der Waals surface area (Å²) >= 11 is 16.6. The molecule has 112 valence electrons. The zero-order valence-electron chi connectivity index (χ0n) is 10.6. The van der Waals surface area contributed by atoms with Crippen LogP contribution in [0, 0.1) is 5.41 Å². The van der Waals surface area contributed by atoms with E-state index in [1.165, 1.54) is 12.1 Å². The Balaban J connectivity index is 3.21. The number of hydrogen-bond acceptors (Lipinski definition) is 3. The average molecular weight is 347 g/mol. The van der Waals surface area contributed by atoms with Crippen molar-refractivity contribution in [3.63, 3.8) is 0 Å². The van der Waals surface area contributed by atoms with Gasteiger partial charge in [0.1, 0.15) is 5.75 Å². The molecular formula is C11H12Cl3F2N3O. The average Bonchev–Trinajstić information content (AvgIpc) is 2.29. The monoisotopic (exact) mass is 345 g/mol. The van der Waals surface area contributed by atoms with Crippen LogP contribution in [0.2, 0.25) is 10.0 Å². The Morgan fingerprint density at radius 1 is 1.35 bits per heavy atom. The van der Waals surface area contributed by atoms with Gasteiger partial charge in [0.25, 0.3) is 0 Å². The molecule has 0 amide bonds. The van der Waals surface area contributed by atoms with Crippen molar-refractivity contribution in [2.24, 2.45) is 5.84 Å². The van der Waals surface area contributed by atoms with E-state index in [1.807, 2.05) is 0 Å². The van der Waals surface area contributed by atoms with Crippen molar-refractivity contribution in [3.8, 4) is 5.75 Å². The molecule has 0 spiro atoms. The second-order valence-corrected chi connectivity index (χ2v) is 5.41. The largest absolute Gasteiger partial charge is 0.489 e. The van der Waals surface area contributed by atoms with Crippen LogP contribution in [0.4, 0.5) is 14.5 Å². The van der Waals surface area contributed by atoms with Gasteiger partial charge in [0.15, 0.2) is 0 Å². The minimum atomic E-state index is -3.92. The van der Waals surface area contributed by atoms with Gasteiger partial charge in [-0.1, -0.05) is 23.2 Å². The van der Waals surface area contributed by atoms with Crippen LogP contribution >= 0.6 is 34.8 Å². The maximum atomic E-state index is 12.9. The van der Waals surface area contributed by atoms with E-state index in [9.17, 15) is 8.78 Å². The third-order valence-corrected chi connectivity index (χ3v) is 2.91. The van der Waals surface area contributed by atoms with Crippen molar-refractivity contribution >= 4 is 46.3 Å². The lowest BCUT2D eigenvalue weighted by Crippen LogP contribution is -2.45. The smallest absolute Gasteiger partial charge is 0.380 e. The number of nitrogens with one attached hydrogen (secondary N) is 1. The fraction of sp³-hybridized carbons (Fsp3) is 0.364. The van der Waals surface area contributed by atoms with Crippen LogP contribution in [0.5, 0.6) is 5.75 Å². The third-order valence-electron chi connectivity index (χ3n) is 2.13. The summed E-state index contributed by atoms with van der Waals surface area (Å²) in [7, 11) is 0. The lowest BCUT2D eigenvalue weighted by molar-refractivity contribution is 0.172. The van der Waals surface area contributed by atoms with E-state index in [4.69, 9.17) is 50.8 Å². The fourth-order valence-electron chi connectivity index (χ4n) is 1.30. The summed E-state index contributed by atoms with van der Waals surface area (Å²) in [5.41, 5.74) is -0.0722. The van der Waals surface area contributed by atoms with Gasteiger partial charge in [0, 0.05) is 6.07 Å². The second kappa shape index (κ2) is 6.30. The van der Waals surface area contributed by atoms with Gasteiger partial charge < -0.3 is 4.74 Å². The van der Waals surface area contributed by atoms with Crippen molar-refractivity contribution in [2.45, 2.75) is 25.3 Å². The number of nitrogens with zero attached hydrogens (tertiary/aromatic N) is 1. The standard InChI is InChI=1S/C11H12Cl3F2N3O/c1-5(2)20-9-4-8(6(12)3-7(9)13)19(18)10(17)11(14,15)16/h3-5,17H,18H2,1-2H3. The molecule has 0 saturated heterocycles. The number of hydrogen-bond donors (Lipinski definition) is 2. The van der Waals surface area contributed by atoms with E-state index >= 15 is 0 Å². The van der Waals surface area contributed by atoms with Crippen LogP contribution in [-0.2, 0) is 0 Å². The predicted octanol–water partition coefficient (Wildman–Crippen LogP) is 4.27. The van der Waals surface area contributed by atoms with Crippen molar-refractivity contribution in [1.29, 1.82) is 5.41 Å². The molecule has 0 unspecified atom stereocenters. The van der Waals surface area contributed by atoms with Gasteiger partial charge in [-0.05, 0) is 31.5 Å². The molecule has 1 aromatic rings. The number of halogens is 5. The Morgan fingerprint density at radius 3 is 2.35 bits per heavy atom. The molecule has 0 aliphatic carbocycles. The zero-order valence-corrected chi connectivity index (χ0v) is 12.8. The Kier molecular flexibility index (Phi) is 5.43. The zero-order chi connectivity index (χ0) is 15.7. The van der Waals surface area contributed by atoms with Crippen molar-refractivity contribution in [1.82, 2.24) is 0 Å². The number of benzene rings is 1. The van der Waals surface area contributed by atoms with Crippen LogP contribution in [0.25, 0.3) is 0 Å². The minimum Gasteiger partial charge on any atom is -0.489 e. The van der Waals surface area contributed by atoms with Gasteiger partial charge >= 0.3 is 5.38 Å².